The van der Waals surface area contributed by atoms with E-state index >= 15 is 0 Å². The van der Waals surface area contributed by atoms with Gasteiger partial charge in [0.15, 0.2) is 11.5 Å². The number of nitrogens with one attached hydrogen (secondary N) is 1. The summed E-state index contributed by atoms with van der Waals surface area (Å²) in [5, 5.41) is 3.89. The van der Waals surface area contributed by atoms with Crippen molar-refractivity contribution in [3.63, 3.8) is 0 Å². The lowest BCUT2D eigenvalue weighted by atomic mass is 9.99. The summed E-state index contributed by atoms with van der Waals surface area (Å²) in [6.07, 6.45) is 5.95. The summed E-state index contributed by atoms with van der Waals surface area (Å²) in [6.45, 7) is 4.03. The second-order valence-corrected chi connectivity index (χ2v) is 9.12. The molecule has 4 rings (SSSR count). The number of methoxy groups -OCH3 is 2. The monoisotopic (exact) mass is 442 g/mol. The molecule has 31 heavy (non-hydrogen) atoms. The first-order chi connectivity index (χ1) is 14.9. The quantitative estimate of drug-likeness (QED) is 0.738. The maximum Gasteiger partial charge on any atom is 0.265 e. The fourth-order valence-electron chi connectivity index (χ4n) is 4.33. The third kappa shape index (κ3) is 4.28. The average Bonchev–Trinajstić information content (AvgIpc) is 3.45. The van der Waals surface area contributed by atoms with E-state index in [2.05, 4.69) is 30.4 Å². The highest BCUT2D eigenvalue weighted by atomic mass is 32.1. The summed E-state index contributed by atoms with van der Waals surface area (Å²) in [6, 6.07) is 9.77. The van der Waals surface area contributed by atoms with Crippen LogP contribution in [-0.2, 0) is 0 Å². The molecule has 1 saturated heterocycles. The van der Waals surface area contributed by atoms with Gasteiger partial charge in [-0.05, 0) is 69.6 Å². The van der Waals surface area contributed by atoms with Gasteiger partial charge in [-0.15, -0.1) is 11.3 Å². The minimum absolute atomic E-state index is 0.0679. The van der Waals surface area contributed by atoms with Crippen LogP contribution in [0.3, 0.4) is 0 Å². The second-order valence-electron chi connectivity index (χ2n) is 8.17. The van der Waals surface area contributed by atoms with E-state index in [1.165, 1.54) is 11.3 Å². The summed E-state index contributed by atoms with van der Waals surface area (Å²) >= 11 is 1.49. The summed E-state index contributed by atoms with van der Waals surface area (Å²) in [4.78, 5) is 18.7. The lowest BCUT2D eigenvalue weighted by Crippen LogP contribution is -2.63. The molecule has 7 nitrogen and oxygen atoms in total. The average molecular weight is 443 g/mol. The SMILES string of the molecule is COc1ccc(N2C=CC(C)(N(C(=O)c3cccs3)C3CCN(C)CC3)N2)cc1OC. The van der Waals surface area contributed by atoms with Gasteiger partial charge in [-0.3, -0.25) is 9.80 Å². The molecule has 0 bridgehead atoms. The van der Waals surface area contributed by atoms with E-state index in [4.69, 9.17) is 9.47 Å². The molecule has 2 aliphatic heterocycles. The van der Waals surface area contributed by atoms with E-state index in [0.29, 0.717) is 11.5 Å². The molecule has 0 spiro atoms. The van der Waals surface area contributed by atoms with Crippen LogP contribution in [0.1, 0.15) is 29.4 Å². The maximum absolute atomic E-state index is 13.6. The highest BCUT2D eigenvalue weighted by Crippen LogP contribution is 2.35. The van der Waals surface area contributed by atoms with Crippen LogP contribution in [0, 0.1) is 0 Å². The van der Waals surface area contributed by atoms with E-state index in [0.717, 1.165) is 36.5 Å². The second kappa shape index (κ2) is 8.90. The predicted molar refractivity (Wildman–Crippen MR) is 124 cm³/mol. The molecule has 166 valence electrons. The Morgan fingerprint density at radius 1 is 1.19 bits per heavy atom. The highest BCUT2D eigenvalue weighted by Gasteiger charge is 2.43. The Morgan fingerprint density at radius 3 is 2.58 bits per heavy atom. The Labute approximate surface area is 187 Å². The lowest BCUT2D eigenvalue weighted by Gasteiger charge is -2.46. The molecule has 0 aliphatic carbocycles. The third-order valence-corrected chi connectivity index (χ3v) is 6.90. The number of carbonyl (C=O) groups is 1. The summed E-state index contributed by atoms with van der Waals surface area (Å²) in [5.41, 5.74) is 3.81. The van der Waals surface area contributed by atoms with Gasteiger partial charge in [-0.2, -0.15) is 0 Å². The van der Waals surface area contributed by atoms with Crippen LogP contribution in [0.4, 0.5) is 5.69 Å². The fraction of sp³-hybridized carbons (Fsp3) is 0.435. The van der Waals surface area contributed by atoms with Crippen LogP contribution >= 0.6 is 11.3 Å². The number of rotatable bonds is 6. The first-order valence-corrected chi connectivity index (χ1v) is 11.4. The number of piperidine rings is 1. The van der Waals surface area contributed by atoms with E-state index in [1.807, 2.05) is 51.8 Å². The number of benzene rings is 1. The van der Waals surface area contributed by atoms with Crippen molar-refractivity contribution in [3.05, 3.63) is 52.9 Å². The first-order valence-electron chi connectivity index (χ1n) is 10.5. The Hall–Kier alpha value is -2.55. The molecule has 2 aliphatic rings. The number of amides is 1. The Morgan fingerprint density at radius 2 is 1.94 bits per heavy atom. The van der Waals surface area contributed by atoms with E-state index in [9.17, 15) is 4.79 Å². The van der Waals surface area contributed by atoms with Gasteiger partial charge in [0.25, 0.3) is 5.91 Å². The fourth-order valence-corrected chi connectivity index (χ4v) is 4.99. The highest BCUT2D eigenvalue weighted by molar-refractivity contribution is 7.12. The number of nitrogens with zero attached hydrogens (tertiary/aromatic N) is 3. The van der Waals surface area contributed by atoms with Crippen molar-refractivity contribution < 1.29 is 14.3 Å². The summed E-state index contributed by atoms with van der Waals surface area (Å²) < 4.78 is 10.8. The van der Waals surface area contributed by atoms with Gasteiger partial charge in [-0.1, -0.05) is 6.07 Å². The van der Waals surface area contributed by atoms with Crippen LogP contribution in [0.15, 0.2) is 48.0 Å². The van der Waals surface area contributed by atoms with Crippen LogP contribution in [0.25, 0.3) is 0 Å². The number of ether oxygens (including phenoxy) is 2. The van der Waals surface area contributed by atoms with Gasteiger partial charge in [0.05, 0.1) is 24.8 Å². The number of hydrazine groups is 1. The molecule has 3 heterocycles. The molecule has 2 aromatic rings. The molecule has 1 atom stereocenters. The molecule has 8 heteroatoms. The molecular formula is C23H30N4O3S. The van der Waals surface area contributed by atoms with Gasteiger partial charge in [0.2, 0.25) is 0 Å². The zero-order valence-corrected chi connectivity index (χ0v) is 19.3. The van der Waals surface area contributed by atoms with Crippen LogP contribution in [0.2, 0.25) is 0 Å². The predicted octanol–water partition coefficient (Wildman–Crippen LogP) is 3.56. The number of hydrogen-bond donors (Lipinski definition) is 1. The Balaban J connectivity index is 1.61. The third-order valence-electron chi connectivity index (χ3n) is 6.04. The molecule has 0 radical (unpaired) electrons. The number of thiophene rings is 1. The Kier molecular flexibility index (Phi) is 6.22. The molecule has 0 saturated carbocycles. The van der Waals surface area contributed by atoms with Crippen molar-refractivity contribution in [1.82, 2.24) is 15.2 Å². The minimum atomic E-state index is -0.644. The van der Waals surface area contributed by atoms with Crippen molar-refractivity contribution in [1.29, 1.82) is 0 Å². The van der Waals surface area contributed by atoms with Crippen LogP contribution in [-0.4, -0.2) is 61.8 Å². The van der Waals surface area contributed by atoms with Gasteiger partial charge < -0.3 is 19.3 Å². The number of hydrogen-bond acceptors (Lipinski definition) is 7. The largest absolute Gasteiger partial charge is 0.493 e. The molecule has 1 aromatic carbocycles. The molecular weight excluding hydrogens is 412 g/mol. The number of likely N-dealkylation sites (tertiary alicyclic amines) is 1. The van der Waals surface area contributed by atoms with Crippen molar-refractivity contribution in [2.24, 2.45) is 0 Å². The van der Waals surface area contributed by atoms with Crippen molar-refractivity contribution >= 4 is 22.9 Å². The maximum atomic E-state index is 13.6. The Bertz CT molecular complexity index is 940. The van der Waals surface area contributed by atoms with Crippen LogP contribution < -0.4 is 19.9 Å². The zero-order valence-electron chi connectivity index (χ0n) is 18.5. The molecule has 1 aromatic heterocycles. The lowest BCUT2D eigenvalue weighted by molar-refractivity contribution is 0.0273. The van der Waals surface area contributed by atoms with Gasteiger partial charge in [0, 0.05) is 18.3 Å². The number of anilines is 1. The first kappa shape index (κ1) is 21.7. The van der Waals surface area contributed by atoms with E-state index in [-0.39, 0.29) is 11.9 Å². The van der Waals surface area contributed by atoms with Gasteiger partial charge >= 0.3 is 0 Å². The molecule has 1 fully saturated rings. The van der Waals surface area contributed by atoms with Crippen molar-refractivity contribution in [3.8, 4) is 11.5 Å². The molecule has 1 N–H and O–H groups in total. The standard InChI is InChI=1S/C23H30N4O3S/c1-23(11-14-26(24-23)18-7-8-19(29-3)20(16-18)30-4)27(17-9-12-25(2)13-10-17)22(28)21-6-5-15-31-21/h5-8,11,14-17,24H,9-10,12-13H2,1-4H3. The summed E-state index contributed by atoms with van der Waals surface area (Å²) in [7, 11) is 5.38. The van der Waals surface area contributed by atoms with E-state index in [1.54, 1.807) is 14.2 Å². The van der Waals surface area contributed by atoms with Crippen molar-refractivity contribution in [2.45, 2.75) is 31.5 Å². The van der Waals surface area contributed by atoms with Crippen molar-refractivity contribution in [2.75, 3.05) is 39.4 Å². The topological polar surface area (TPSA) is 57.3 Å². The normalized spacial score (nSPS) is 22.0. The molecule has 1 unspecified atom stereocenters. The van der Waals surface area contributed by atoms with Gasteiger partial charge in [-0.25, -0.2) is 5.43 Å². The molecule has 1 amide bonds. The van der Waals surface area contributed by atoms with E-state index < -0.39 is 5.66 Å². The van der Waals surface area contributed by atoms with Crippen LogP contribution in [0.5, 0.6) is 11.5 Å². The smallest absolute Gasteiger partial charge is 0.265 e. The number of carbonyl (C=O) groups excluding carboxylic acids is 1. The van der Waals surface area contributed by atoms with Gasteiger partial charge in [0.1, 0.15) is 5.66 Å². The summed E-state index contributed by atoms with van der Waals surface area (Å²) in [5.74, 6) is 1.40. The minimum Gasteiger partial charge on any atom is -0.493 e. The zero-order chi connectivity index (χ0) is 22.0.